The van der Waals surface area contributed by atoms with Crippen LogP contribution in [0.4, 0.5) is 5.82 Å². The number of rotatable bonds is 5. The molecule has 6 heterocycles. The summed E-state index contributed by atoms with van der Waals surface area (Å²) >= 11 is 6.35. The molecule has 2 aliphatic heterocycles. The van der Waals surface area contributed by atoms with Crippen molar-refractivity contribution >= 4 is 47.6 Å². The van der Waals surface area contributed by atoms with Crippen LogP contribution >= 0.6 is 25.1 Å². The normalized spacial score (nSPS) is 19.2. The highest BCUT2D eigenvalue weighted by atomic mass is 35.5. The Labute approximate surface area is 207 Å². The van der Waals surface area contributed by atoms with Gasteiger partial charge in [-0.05, 0) is 18.9 Å². The van der Waals surface area contributed by atoms with Crippen LogP contribution in [0.25, 0.3) is 16.7 Å². The first-order valence-corrected chi connectivity index (χ1v) is 11.6. The van der Waals surface area contributed by atoms with Crippen molar-refractivity contribution in [2.45, 2.75) is 25.4 Å². The summed E-state index contributed by atoms with van der Waals surface area (Å²) in [5, 5.41) is 5.30. The molecular formula is C21H26ClN9O2S. The van der Waals surface area contributed by atoms with E-state index in [9.17, 15) is 4.79 Å². The van der Waals surface area contributed by atoms with Gasteiger partial charge in [-0.2, -0.15) is 18.6 Å². The van der Waals surface area contributed by atoms with E-state index < -0.39 is 0 Å². The van der Waals surface area contributed by atoms with Gasteiger partial charge in [0.15, 0.2) is 17.3 Å². The van der Waals surface area contributed by atoms with Gasteiger partial charge in [0, 0.05) is 38.9 Å². The van der Waals surface area contributed by atoms with Crippen LogP contribution in [-0.2, 0) is 11.3 Å². The maximum atomic E-state index is 13.6. The molecule has 0 spiro atoms. The number of ether oxygens (including phenoxy) is 1. The van der Waals surface area contributed by atoms with Gasteiger partial charge in [0.05, 0.1) is 30.6 Å². The van der Waals surface area contributed by atoms with E-state index in [0.717, 1.165) is 56.2 Å². The standard InChI is InChI=1S/C21H24ClN9O2.H2S/c22-14-3-5-31-17(14)21(32)30(7-6-28-8-10-33-11-9-28)19(27-31)15-2-1-4-29(15)20-16-18(24-12-23-16)25-13-26-20;/h3,5,12-13,15H,1-2,4,6-11H2,(H,23,24,25,26);1H2/t15-;/m0./s1. The van der Waals surface area contributed by atoms with Crippen molar-refractivity contribution in [2.24, 2.45) is 0 Å². The van der Waals surface area contributed by atoms with E-state index in [1.807, 2.05) is 0 Å². The second kappa shape index (κ2) is 9.53. The van der Waals surface area contributed by atoms with E-state index in [1.54, 1.807) is 27.7 Å². The highest BCUT2D eigenvalue weighted by molar-refractivity contribution is 7.59. The average molecular weight is 504 g/mol. The summed E-state index contributed by atoms with van der Waals surface area (Å²) in [5.41, 5.74) is 1.70. The lowest BCUT2D eigenvalue weighted by molar-refractivity contribution is 0.0361. The average Bonchev–Trinajstić information content (AvgIpc) is 3.58. The molecule has 1 atom stereocenters. The minimum atomic E-state index is -0.121. The molecule has 0 aromatic carbocycles. The van der Waals surface area contributed by atoms with E-state index in [-0.39, 0.29) is 25.1 Å². The maximum Gasteiger partial charge on any atom is 0.279 e. The van der Waals surface area contributed by atoms with Gasteiger partial charge in [-0.25, -0.2) is 19.5 Å². The largest absolute Gasteiger partial charge is 0.379 e. The molecule has 2 saturated heterocycles. The molecule has 0 radical (unpaired) electrons. The number of anilines is 1. The molecule has 2 aliphatic rings. The number of hydrogen-bond acceptors (Lipinski definition) is 8. The third-order valence-corrected chi connectivity index (χ3v) is 6.83. The number of nitrogens with zero attached hydrogens (tertiary/aromatic N) is 8. The molecule has 34 heavy (non-hydrogen) atoms. The van der Waals surface area contributed by atoms with Crippen molar-refractivity contribution in [3.8, 4) is 0 Å². The minimum absolute atomic E-state index is 0. The molecule has 2 fully saturated rings. The van der Waals surface area contributed by atoms with Crippen LogP contribution in [0.15, 0.2) is 29.7 Å². The van der Waals surface area contributed by atoms with Crippen LogP contribution in [0.5, 0.6) is 0 Å². The van der Waals surface area contributed by atoms with E-state index in [4.69, 9.17) is 21.4 Å². The quantitative estimate of drug-likeness (QED) is 0.437. The molecule has 0 bridgehead atoms. The van der Waals surface area contributed by atoms with Gasteiger partial charge >= 0.3 is 0 Å². The molecule has 13 heteroatoms. The smallest absolute Gasteiger partial charge is 0.279 e. The highest BCUT2D eigenvalue weighted by Crippen LogP contribution is 2.36. The van der Waals surface area contributed by atoms with Crippen molar-refractivity contribution in [1.29, 1.82) is 0 Å². The van der Waals surface area contributed by atoms with Crippen molar-refractivity contribution < 1.29 is 4.74 Å². The Morgan fingerprint density at radius 1 is 1.15 bits per heavy atom. The lowest BCUT2D eigenvalue weighted by Crippen LogP contribution is -2.41. The monoisotopic (exact) mass is 503 g/mol. The Balaban J connectivity index is 0.00000241. The number of halogens is 1. The van der Waals surface area contributed by atoms with Crippen LogP contribution < -0.4 is 10.5 Å². The topological polar surface area (TPSA) is 109 Å². The second-order valence-corrected chi connectivity index (χ2v) is 8.78. The lowest BCUT2D eigenvalue weighted by Gasteiger charge is -2.29. The Morgan fingerprint density at radius 3 is 2.85 bits per heavy atom. The minimum Gasteiger partial charge on any atom is -0.379 e. The zero-order valence-corrected chi connectivity index (χ0v) is 20.3. The summed E-state index contributed by atoms with van der Waals surface area (Å²) in [5.74, 6) is 1.50. The molecule has 6 rings (SSSR count). The van der Waals surface area contributed by atoms with Gasteiger partial charge < -0.3 is 14.6 Å². The Morgan fingerprint density at radius 2 is 2.00 bits per heavy atom. The number of aromatic nitrogens is 7. The molecule has 0 saturated carbocycles. The van der Waals surface area contributed by atoms with Gasteiger partial charge in [0.1, 0.15) is 17.4 Å². The molecule has 180 valence electrons. The Bertz CT molecular complexity index is 1360. The fraction of sp³-hybridized carbons (Fsp3) is 0.476. The predicted octanol–water partition coefficient (Wildman–Crippen LogP) is 1.60. The zero-order valence-electron chi connectivity index (χ0n) is 18.5. The van der Waals surface area contributed by atoms with Gasteiger partial charge in [-0.1, -0.05) is 11.6 Å². The fourth-order valence-corrected chi connectivity index (χ4v) is 5.09. The number of nitrogens with one attached hydrogen (secondary N) is 1. The number of H-pyrrole nitrogens is 1. The van der Waals surface area contributed by atoms with E-state index in [0.29, 0.717) is 35.9 Å². The lowest BCUT2D eigenvalue weighted by atomic mass is 10.2. The predicted molar refractivity (Wildman–Crippen MR) is 133 cm³/mol. The summed E-state index contributed by atoms with van der Waals surface area (Å²) in [7, 11) is 0. The zero-order chi connectivity index (χ0) is 22.4. The number of morpholine rings is 1. The van der Waals surface area contributed by atoms with Crippen molar-refractivity contribution in [3.05, 3.63) is 46.1 Å². The Kier molecular flexibility index (Phi) is 6.47. The van der Waals surface area contributed by atoms with Gasteiger partial charge in [-0.15, -0.1) is 0 Å². The van der Waals surface area contributed by atoms with Crippen LogP contribution in [0, 0.1) is 0 Å². The van der Waals surface area contributed by atoms with Crippen LogP contribution in [0.3, 0.4) is 0 Å². The molecule has 4 aromatic heterocycles. The second-order valence-electron chi connectivity index (χ2n) is 8.38. The summed E-state index contributed by atoms with van der Waals surface area (Å²) < 4.78 is 8.87. The van der Waals surface area contributed by atoms with Crippen molar-refractivity contribution in [3.63, 3.8) is 0 Å². The molecule has 1 N–H and O–H groups in total. The van der Waals surface area contributed by atoms with Crippen LogP contribution in [0.1, 0.15) is 24.7 Å². The summed E-state index contributed by atoms with van der Waals surface area (Å²) in [6, 6.07) is 1.61. The van der Waals surface area contributed by atoms with E-state index in [1.165, 1.54) is 6.33 Å². The number of fused-ring (bicyclic) bond motifs is 2. The third kappa shape index (κ3) is 3.94. The number of aromatic amines is 1. The van der Waals surface area contributed by atoms with E-state index >= 15 is 0 Å². The van der Waals surface area contributed by atoms with Gasteiger partial charge in [0.2, 0.25) is 0 Å². The van der Waals surface area contributed by atoms with Crippen LogP contribution in [-0.4, -0.2) is 78.4 Å². The van der Waals surface area contributed by atoms with Gasteiger partial charge in [-0.3, -0.25) is 14.3 Å². The summed E-state index contributed by atoms with van der Waals surface area (Å²) in [6.07, 6.45) is 6.73. The highest BCUT2D eigenvalue weighted by Gasteiger charge is 2.33. The van der Waals surface area contributed by atoms with E-state index in [2.05, 4.69) is 29.7 Å². The molecular weight excluding hydrogens is 478 g/mol. The van der Waals surface area contributed by atoms with Gasteiger partial charge in [0.25, 0.3) is 5.56 Å². The molecule has 11 nitrogen and oxygen atoms in total. The SMILES string of the molecule is O=c1c2c(Cl)ccn2nc([C@@H]2CCCN2c2ncnc3nc[nH]c23)n1CCN1CCOCC1.S. The fourth-order valence-electron chi connectivity index (χ4n) is 4.87. The summed E-state index contributed by atoms with van der Waals surface area (Å²) in [4.78, 5) is 34.3. The molecule has 4 aromatic rings. The maximum absolute atomic E-state index is 13.6. The summed E-state index contributed by atoms with van der Waals surface area (Å²) in [6.45, 7) is 5.24. The number of imidazole rings is 1. The molecule has 0 amide bonds. The first kappa shape index (κ1) is 23.1. The van der Waals surface area contributed by atoms with Crippen LogP contribution in [0.2, 0.25) is 5.02 Å². The number of hydrogen-bond donors (Lipinski definition) is 1. The third-order valence-electron chi connectivity index (χ3n) is 6.52. The molecule has 0 unspecified atom stereocenters. The first-order valence-electron chi connectivity index (χ1n) is 11.2. The Hall–Kier alpha value is -2.67. The first-order chi connectivity index (χ1) is 16.2. The molecule has 0 aliphatic carbocycles. The van der Waals surface area contributed by atoms with Crippen molar-refractivity contribution in [2.75, 3.05) is 44.3 Å². The van der Waals surface area contributed by atoms with Crippen molar-refractivity contribution in [1.82, 2.24) is 39.0 Å².